The maximum Gasteiger partial charge on any atom is 0.329 e. The summed E-state index contributed by atoms with van der Waals surface area (Å²) in [4.78, 5) is 38.7. The van der Waals surface area contributed by atoms with Crippen molar-refractivity contribution in [2.24, 2.45) is 5.73 Å². The molecule has 0 aliphatic carbocycles. The number of rotatable bonds is 9. The number of amides is 2. The molecule has 0 aromatic heterocycles. The first-order valence-electron chi connectivity index (χ1n) is 11.0. The van der Waals surface area contributed by atoms with E-state index in [1.165, 1.54) is 0 Å². The molecule has 1 atom stereocenters. The fourth-order valence-corrected chi connectivity index (χ4v) is 4.39. The van der Waals surface area contributed by atoms with Crippen LogP contribution in [0, 0.1) is 8.98 Å². The highest BCUT2D eigenvalue weighted by Gasteiger charge is 2.30. The molecule has 0 radical (unpaired) electrons. The van der Waals surface area contributed by atoms with Gasteiger partial charge in [0, 0.05) is 30.6 Å². The fraction of sp³-hybridized carbons (Fsp3) is 0.333. The molecule has 1 heterocycles. The minimum absolute atomic E-state index is 0.109. The Hall–Kier alpha value is -3.19. The van der Waals surface area contributed by atoms with Crippen molar-refractivity contribution in [3.05, 3.63) is 62.7 Å². The fourth-order valence-electron chi connectivity index (χ4n) is 3.81. The van der Waals surface area contributed by atoms with Gasteiger partial charge in [0.25, 0.3) is 5.91 Å². The van der Waals surface area contributed by atoms with Crippen molar-refractivity contribution in [2.45, 2.75) is 31.4 Å². The molecule has 0 unspecified atom stereocenters. The second-order valence-corrected chi connectivity index (χ2v) is 9.40. The molecular formula is C24H27IN4O6. The van der Waals surface area contributed by atoms with Crippen molar-refractivity contribution in [1.82, 2.24) is 10.2 Å². The van der Waals surface area contributed by atoms with Gasteiger partial charge in [0.2, 0.25) is 5.91 Å². The molecule has 0 spiro atoms. The number of hydrogen-bond donors (Lipinski definition) is 5. The van der Waals surface area contributed by atoms with Gasteiger partial charge in [-0.2, -0.15) is 0 Å². The number of piperidine rings is 1. The summed E-state index contributed by atoms with van der Waals surface area (Å²) in [5.41, 5.74) is 7.06. The topological polar surface area (TPSA) is 166 Å². The maximum absolute atomic E-state index is 13.4. The van der Waals surface area contributed by atoms with Crippen LogP contribution in [0.1, 0.15) is 34.3 Å². The van der Waals surface area contributed by atoms with Gasteiger partial charge in [-0.15, -0.1) is 0 Å². The Balaban J connectivity index is 1.73. The second-order valence-electron chi connectivity index (χ2n) is 8.24. The van der Waals surface area contributed by atoms with Gasteiger partial charge in [0.15, 0.2) is 0 Å². The monoisotopic (exact) mass is 594 g/mol. The van der Waals surface area contributed by atoms with Crippen LogP contribution in [0.3, 0.4) is 0 Å². The lowest BCUT2D eigenvalue weighted by molar-refractivity contribution is -0.147. The van der Waals surface area contributed by atoms with Crippen molar-refractivity contribution < 1.29 is 29.3 Å². The van der Waals surface area contributed by atoms with Crippen molar-refractivity contribution in [3.63, 3.8) is 0 Å². The van der Waals surface area contributed by atoms with E-state index in [0.717, 1.165) is 5.56 Å². The number of carbonyl (C=O) groups is 3. The molecule has 1 aliphatic rings. The number of aliphatic carboxylic acids is 1. The molecule has 3 rings (SSSR count). The van der Waals surface area contributed by atoms with Gasteiger partial charge in [0.05, 0.1) is 9.67 Å². The Morgan fingerprint density at radius 3 is 2.34 bits per heavy atom. The number of carboxylic acids is 1. The molecule has 2 aromatic carbocycles. The quantitative estimate of drug-likeness (QED) is 0.168. The number of phenols is 1. The second kappa shape index (κ2) is 12.0. The molecule has 10 nitrogen and oxygen atoms in total. The van der Waals surface area contributed by atoms with E-state index >= 15 is 0 Å². The van der Waals surface area contributed by atoms with Gasteiger partial charge in [0.1, 0.15) is 24.2 Å². The SMILES string of the molecule is N=C(N)c1ccc(C(=O)N[C@@H](Cc2ccc(O)c(I)c2)C(=O)N2CCC(OCC(=O)O)CC2)cc1. The summed E-state index contributed by atoms with van der Waals surface area (Å²) in [6.07, 6.45) is 0.996. The first kappa shape index (κ1) is 26.4. The van der Waals surface area contributed by atoms with E-state index in [0.29, 0.717) is 40.6 Å². The number of nitrogens with two attached hydrogens (primary N) is 1. The zero-order chi connectivity index (χ0) is 25.5. The number of carbonyl (C=O) groups excluding carboxylic acids is 2. The van der Waals surface area contributed by atoms with E-state index < -0.39 is 17.9 Å². The Labute approximate surface area is 216 Å². The zero-order valence-electron chi connectivity index (χ0n) is 18.9. The summed E-state index contributed by atoms with van der Waals surface area (Å²) in [5.74, 6) is -1.70. The number of nitrogens with one attached hydrogen (secondary N) is 2. The van der Waals surface area contributed by atoms with Crippen LogP contribution in [0.25, 0.3) is 0 Å². The highest BCUT2D eigenvalue weighted by molar-refractivity contribution is 14.1. The molecule has 35 heavy (non-hydrogen) atoms. The number of phenolic OH excluding ortho intramolecular Hbond substituents is 1. The highest BCUT2D eigenvalue weighted by atomic mass is 127. The summed E-state index contributed by atoms with van der Waals surface area (Å²) in [5, 5.41) is 28.9. The van der Waals surface area contributed by atoms with Crippen LogP contribution in [0.15, 0.2) is 42.5 Å². The largest absolute Gasteiger partial charge is 0.507 e. The molecule has 0 bridgehead atoms. The van der Waals surface area contributed by atoms with Crippen LogP contribution in [0.2, 0.25) is 0 Å². The minimum atomic E-state index is -1.04. The number of aromatic hydroxyl groups is 1. The average Bonchev–Trinajstić information content (AvgIpc) is 2.84. The number of benzene rings is 2. The number of nitrogen functional groups attached to an aromatic ring is 1. The van der Waals surface area contributed by atoms with Gasteiger partial charge >= 0.3 is 5.97 Å². The summed E-state index contributed by atoms with van der Waals surface area (Å²) < 4.78 is 5.98. The van der Waals surface area contributed by atoms with Gasteiger partial charge in [-0.3, -0.25) is 15.0 Å². The predicted octanol–water partition coefficient (Wildman–Crippen LogP) is 1.71. The molecule has 1 aliphatic heterocycles. The molecule has 11 heteroatoms. The number of ether oxygens (including phenoxy) is 1. The number of nitrogens with zero attached hydrogens (tertiary/aromatic N) is 1. The van der Waals surface area contributed by atoms with Gasteiger partial charge < -0.3 is 30.9 Å². The lowest BCUT2D eigenvalue weighted by Crippen LogP contribution is -2.52. The molecule has 0 saturated carbocycles. The van der Waals surface area contributed by atoms with E-state index in [9.17, 15) is 19.5 Å². The zero-order valence-corrected chi connectivity index (χ0v) is 21.0. The maximum atomic E-state index is 13.4. The standard InChI is InChI=1S/C24H27IN4O6/c25-18-11-14(1-6-20(18)30)12-19(28-23(33)16-4-2-15(3-5-16)22(26)27)24(34)29-9-7-17(8-10-29)35-13-21(31)32/h1-6,11,17,19,30H,7-10,12-13H2,(H3,26,27)(H,28,33)(H,31,32)/t19-/m0/s1. The Morgan fingerprint density at radius 1 is 1.14 bits per heavy atom. The van der Waals surface area contributed by atoms with Crippen LogP contribution in [-0.2, 0) is 20.7 Å². The van der Waals surface area contributed by atoms with Crippen LogP contribution >= 0.6 is 22.6 Å². The lowest BCUT2D eigenvalue weighted by atomic mass is 10.0. The van der Waals surface area contributed by atoms with Crippen molar-refractivity contribution in [3.8, 4) is 5.75 Å². The third-order valence-corrected chi connectivity index (χ3v) is 6.57. The summed E-state index contributed by atoms with van der Waals surface area (Å²) >= 11 is 2.00. The Kier molecular flexibility index (Phi) is 9.04. The first-order chi connectivity index (χ1) is 16.6. The average molecular weight is 594 g/mol. The summed E-state index contributed by atoms with van der Waals surface area (Å²) in [6, 6.07) is 10.4. The van der Waals surface area contributed by atoms with Gasteiger partial charge in [-0.05, 0) is 65.3 Å². The number of likely N-dealkylation sites (tertiary alicyclic amines) is 1. The normalized spacial score (nSPS) is 14.8. The van der Waals surface area contributed by atoms with Crippen LogP contribution < -0.4 is 11.1 Å². The van der Waals surface area contributed by atoms with Crippen LogP contribution in [0.4, 0.5) is 0 Å². The van der Waals surface area contributed by atoms with Gasteiger partial charge in [-0.25, -0.2) is 4.79 Å². The third kappa shape index (κ3) is 7.39. The van der Waals surface area contributed by atoms with Crippen molar-refractivity contribution >= 4 is 46.2 Å². The molecule has 6 N–H and O–H groups in total. The molecule has 186 valence electrons. The first-order valence-corrected chi connectivity index (χ1v) is 12.1. The third-order valence-electron chi connectivity index (χ3n) is 5.71. The molecule has 2 aromatic rings. The Bertz CT molecular complexity index is 1100. The lowest BCUT2D eigenvalue weighted by Gasteiger charge is -2.34. The van der Waals surface area contributed by atoms with E-state index in [1.807, 2.05) is 22.6 Å². The van der Waals surface area contributed by atoms with E-state index in [2.05, 4.69) is 5.32 Å². The molecule has 1 saturated heterocycles. The van der Waals surface area contributed by atoms with Crippen molar-refractivity contribution in [1.29, 1.82) is 5.41 Å². The molecule has 1 fully saturated rings. The number of hydrogen-bond acceptors (Lipinski definition) is 6. The van der Waals surface area contributed by atoms with E-state index in [4.69, 9.17) is 21.0 Å². The highest BCUT2D eigenvalue weighted by Crippen LogP contribution is 2.22. The minimum Gasteiger partial charge on any atom is -0.507 e. The Morgan fingerprint density at radius 2 is 1.77 bits per heavy atom. The van der Waals surface area contributed by atoms with Crippen LogP contribution in [-0.4, -0.2) is 70.6 Å². The molecule has 2 amide bonds. The van der Waals surface area contributed by atoms with E-state index in [-0.39, 0.29) is 36.6 Å². The smallest absolute Gasteiger partial charge is 0.329 e. The van der Waals surface area contributed by atoms with Crippen molar-refractivity contribution in [2.75, 3.05) is 19.7 Å². The summed E-state index contributed by atoms with van der Waals surface area (Å²) in [7, 11) is 0. The van der Waals surface area contributed by atoms with E-state index in [1.54, 1.807) is 47.4 Å². The number of halogens is 1. The molecular weight excluding hydrogens is 567 g/mol. The van der Waals surface area contributed by atoms with Gasteiger partial charge in [-0.1, -0.05) is 18.2 Å². The predicted molar refractivity (Wildman–Crippen MR) is 136 cm³/mol. The number of amidine groups is 1. The number of carboxylic acid groups (broad SMARTS) is 1. The van der Waals surface area contributed by atoms with Crippen LogP contribution in [0.5, 0.6) is 5.75 Å². The summed E-state index contributed by atoms with van der Waals surface area (Å²) in [6.45, 7) is 0.394.